The second-order valence-electron chi connectivity index (χ2n) is 16.1. The standard InChI is InChI=1S/C21H25.C15H14.C9H13.2ClH.Zr/c1-20(2,3)16-9-7-14-11-15-8-10-17(21(4,5)6)13-19(15)18(14)12-16;1-12-3-7-14(8-4-12)11-15-9-5-13(2)6-10-15;1-6-5-7(2)9(4)8(6)3;;;/h7-13H,1-6H3;3-10H,1-2H3;6H,1-4H3;2*1H;/q;;;;;+2/p-2. The average molecular weight is 755 g/mol. The van der Waals surface area contributed by atoms with Crippen molar-refractivity contribution in [1.82, 2.24) is 0 Å². The van der Waals surface area contributed by atoms with Gasteiger partial charge in [-0.1, -0.05) is 0 Å². The molecule has 2 aliphatic rings. The Hall–Kier alpha value is -2.31. The van der Waals surface area contributed by atoms with Crippen LogP contribution in [0.4, 0.5) is 0 Å². The van der Waals surface area contributed by atoms with Crippen LogP contribution in [0.3, 0.4) is 0 Å². The fraction of sp³-hybridized carbons (Fsp3) is 0.356. The molecule has 0 saturated carbocycles. The summed E-state index contributed by atoms with van der Waals surface area (Å²) in [5.74, 6) is 0.468. The minimum Gasteiger partial charge on any atom is -1.00 e. The van der Waals surface area contributed by atoms with E-state index in [4.69, 9.17) is 0 Å². The van der Waals surface area contributed by atoms with Crippen molar-refractivity contribution >= 4 is 3.21 Å². The molecular formula is C45H52Cl2Zr. The summed E-state index contributed by atoms with van der Waals surface area (Å²) in [5.41, 5.74) is 19.1. The maximum absolute atomic E-state index is 2.86. The molecule has 0 amide bonds. The van der Waals surface area contributed by atoms with Crippen LogP contribution in [0.25, 0.3) is 11.1 Å². The molecule has 1 atom stereocenters. The maximum Gasteiger partial charge on any atom is -1.00 e. The molecule has 4 aromatic carbocycles. The second-order valence-corrected chi connectivity index (χ2v) is 22.1. The Morgan fingerprint density at radius 1 is 0.542 bits per heavy atom. The zero-order valence-electron chi connectivity index (χ0n) is 31.0. The predicted molar refractivity (Wildman–Crippen MR) is 197 cm³/mol. The van der Waals surface area contributed by atoms with Crippen LogP contribution in [0.1, 0.15) is 117 Å². The smallest absolute Gasteiger partial charge is 1.00 e. The van der Waals surface area contributed by atoms with E-state index in [1.54, 1.807) is 28.8 Å². The van der Waals surface area contributed by atoms with E-state index in [9.17, 15) is 0 Å². The van der Waals surface area contributed by atoms with E-state index in [0.717, 1.165) is 0 Å². The molecule has 0 aliphatic heterocycles. The number of rotatable bonds is 4. The summed E-state index contributed by atoms with van der Waals surface area (Å²) < 4.78 is 3.81. The molecule has 0 aromatic heterocycles. The van der Waals surface area contributed by atoms with Crippen LogP contribution in [0, 0.1) is 19.8 Å². The third-order valence-corrected chi connectivity index (χ3v) is 20.0. The van der Waals surface area contributed by atoms with Gasteiger partial charge in [-0.25, -0.2) is 0 Å². The van der Waals surface area contributed by atoms with Gasteiger partial charge in [0.2, 0.25) is 0 Å². The zero-order chi connectivity index (χ0) is 33.3. The Morgan fingerprint density at radius 2 is 0.938 bits per heavy atom. The predicted octanol–water partition coefficient (Wildman–Crippen LogP) is 6.12. The van der Waals surface area contributed by atoms with Crippen molar-refractivity contribution in [1.29, 1.82) is 0 Å². The van der Waals surface area contributed by atoms with E-state index >= 15 is 0 Å². The van der Waals surface area contributed by atoms with Crippen molar-refractivity contribution in [3.63, 3.8) is 0 Å². The molecule has 1 unspecified atom stereocenters. The molecule has 3 heteroatoms. The van der Waals surface area contributed by atoms with E-state index in [2.05, 4.69) is 168 Å². The van der Waals surface area contributed by atoms with Crippen LogP contribution in [-0.4, -0.2) is 3.21 Å². The fourth-order valence-corrected chi connectivity index (χ4v) is 18.0. The van der Waals surface area contributed by atoms with Crippen LogP contribution in [0.2, 0.25) is 0 Å². The summed E-state index contributed by atoms with van der Waals surface area (Å²) in [5, 5.41) is 0. The molecule has 6 rings (SSSR count). The van der Waals surface area contributed by atoms with Crippen molar-refractivity contribution < 1.29 is 46.1 Å². The van der Waals surface area contributed by atoms with E-state index < -0.39 is 21.3 Å². The van der Waals surface area contributed by atoms with Crippen molar-refractivity contribution in [3.05, 3.63) is 149 Å². The number of hydrogen-bond donors (Lipinski definition) is 0. The van der Waals surface area contributed by atoms with Gasteiger partial charge in [-0.15, -0.1) is 0 Å². The Morgan fingerprint density at radius 3 is 1.27 bits per heavy atom. The summed E-state index contributed by atoms with van der Waals surface area (Å²) in [4.78, 5) is 0. The Labute approximate surface area is 311 Å². The molecule has 4 aromatic rings. The van der Waals surface area contributed by atoms with Crippen LogP contribution in [0.15, 0.2) is 105 Å². The van der Waals surface area contributed by atoms with E-state index in [0.29, 0.717) is 9.54 Å². The van der Waals surface area contributed by atoms with Crippen molar-refractivity contribution in [3.8, 4) is 11.1 Å². The van der Waals surface area contributed by atoms with Gasteiger partial charge in [0.05, 0.1) is 0 Å². The molecule has 2 aliphatic carbocycles. The SMILES string of the molecule is CC1=C(C)C(C)[C]([Zr+2](=[C](c2ccc(C)cc2)c2ccc(C)cc2)[CH]2c3ccc(C(C)(C)C)cc3-c3cc(C(C)(C)C)ccc32)=C1C.[Cl-].[Cl-]. The molecule has 0 bridgehead atoms. The minimum absolute atomic E-state index is 0. The van der Waals surface area contributed by atoms with Gasteiger partial charge in [-0.3, -0.25) is 0 Å². The second kappa shape index (κ2) is 14.1. The first-order chi connectivity index (χ1) is 21.6. The largest absolute Gasteiger partial charge is 1.00 e. The van der Waals surface area contributed by atoms with Crippen LogP contribution in [0.5, 0.6) is 0 Å². The molecule has 250 valence electrons. The molecule has 0 saturated heterocycles. The number of allylic oxidation sites excluding steroid dienone is 4. The van der Waals surface area contributed by atoms with Gasteiger partial charge >= 0.3 is 288 Å². The van der Waals surface area contributed by atoms with Gasteiger partial charge in [0.15, 0.2) is 0 Å². The molecule has 0 radical (unpaired) electrons. The van der Waals surface area contributed by atoms with Crippen molar-refractivity contribution in [2.24, 2.45) is 5.92 Å². The Bertz CT molecular complexity index is 1830. The average Bonchev–Trinajstić information content (AvgIpc) is 3.42. The number of halogens is 2. The van der Waals surface area contributed by atoms with Crippen molar-refractivity contribution in [2.75, 3.05) is 0 Å². The van der Waals surface area contributed by atoms with Crippen LogP contribution >= 0.6 is 0 Å². The summed E-state index contributed by atoms with van der Waals surface area (Å²) in [7, 11) is 0. The van der Waals surface area contributed by atoms with Crippen LogP contribution in [-0.2, 0) is 32.1 Å². The molecule has 0 fully saturated rings. The maximum atomic E-state index is 2.55. The summed E-state index contributed by atoms with van der Waals surface area (Å²) in [6, 6.07) is 34.0. The van der Waals surface area contributed by atoms with Gasteiger partial charge in [0.1, 0.15) is 0 Å². The van der Waals surface area contributed by atoms with E-state index in [-0.39, 0.29) is 35.6 Å². The van der Waals surface area contributed by atoms with Crippen molar-refractivity contribution in [2.45, 2.75) is 97.5 Å². The monoisotopic (exact) mass is 752 g/mol. The summed E-state index contributed by atoms with van der Waals surface area (Å²) in [6.45, 7) is 28.2. The number of fused-ring (bicyclic) bond motifs is 3. The van der Waals surface area contributed by atoms with Gasteiger partial charge < -0.3 is 24.8 Å². The minimum atomic E-state index is -2.86. The van der Waals surface area contributed by atoms with E-state index in [1.807, 2.05) is 0 Å². The van der Waals surface area contributed by atoms with Gasteiger partial charge in [0.25, 0.3) is 0 Å². The molecule has 0 heterocycles. The quantitative estimate of drug-likeness (QED) is 0.236. The molecule has 0 N–H and O–H groups in total. The summed E-state index contributed by atoms with van der Waals surface area (Å²) in [6.07, 6.45) is 0. The summed E-state index contributed by atoms with van der Waals surface area (Å²) >= 11 is -2.86. The number of hydrogen-bond acceptors (Lipinski definition) is 0. The third-order valence-electron chi connectivity index (χ3n) is 10.9. The Balaban J connectivity index is 0.00000260. The molecule has 48 heavy (non-hydrogen) atoms. The van der Waals surface area contributed by atoms with Gasteiger partial charge in [-0.2, -0.15) is 0 Å². The Kier molecular flexibility index (Phi) is 11.3. The number of aryl methyl sites for hydroxylation is 2. The molecular weight excluding hydrogens is 703 g/mol. The number of benzene rings is 4. The normalized spacial score (nSPS) is 15.8. The van der Waals surface area contributed by atoms with Gasteiger partial charge in [0, 0.05) is 0 Å². The molecule has 0 nitrogen and oxygen atoms in total. The third kappa shape index (κ3) is 6.87. The van der Waals surface area contributed by atoms with Gasteiger partial charge in [-0.05, 0) is 0 Å². The van der Waals surface area contributed by atoms with E-state index in [1.165, 1.54) is 50.1 Å². The fourth-order valence-electron chi connectivity index (χ4n) is 7.65. The zero-order valence-corrected chi connectivity index (χ0v) is 35.0. The van der Waals surface area contributed by atoms with Crippen LogP contribution < -0.4 is 24.8 Å². The molecule has 0 spiro atoms. The first-order valence-electron chi connectivity index (χ1n) is 17.1. The topological polar surface area (TPSA) is 0 Å². The first kappa shape index (κ1) is 38.5. The first-order valence-corrected chi connectivity index (χ1v) is 21.0.